The second-order valence-electron chi connectivity index (χ2n) is 1.72. The maximum atomic E-state index is 10.3. The topological polar surface area (TPSA) is 104 Å². The standard InChI is InChI=1S/C4H6O5S.C3H3N.Na/c1-3(4(5)9-2)10(6,7)8;1-2-3-4;/h1H2,2H3,(H,6,7,8);2H,1H2;. The Hall–Kier alpha value is -0.650. The molecule has 0 aliphatic carbocycles. The second kappa shape index (κ2) is 9.89. The van der Waals surface area contributed by atoms with E-state index >= 15 is 0 Å². The number of carbonyl (C=O) groups excluding carboxylic acids is 1. The fourth-order valence-electron chi connectivity index (χ4n) is 0.219. The average Bonchev–Trinajstić information content (AvgIpc) is 2.14. The summed E-state index contributed by atoms with van der Waals surface area (Å²) >= 11 is 0. The van der Waals surface area contributed by atoms with Gasteiger partial charge in [0.1, 0.15) is 0 Å². The summed E-state index contributed by atoms with van der Waals surface area (Å²) in [5, 5.41) is 7.51. The van der Waals surface area contributed by atoms with Crippen molar-refractivity contribution >= 4 is 45.6 Å². The third-order valence-corrected chi connectivity index (χ3v) is 1.61. The van der Waals surface area contributed by atoms with Crippen LogP contribution in [-0.4, -0.2) is 55.6 Å². The molecular weight excluding hydrogens is 233 g/mol. The van der Waals surface area contributed by atoms with Crippen molar-refractivity contribution in [1.29, 1.82) is 5.26 Å². The number of hydrogen-bond donors (Lipinski definition) is 1. The Bertz CT molecular complexity index is 367. The third-order valence-electron chi connectivity index (χ3n) is 0.816. The molecular formula is C7H9NNaO5S. The Kier molecular flexibility index (Phi) is 13.1. The van der Waals surface area contributed by atoms with Crippen molar-refractivity contribution in [3.05, 3.63) is 24.1 Å². The van der Waals surface area contributed by atoms with Gasteiger partial charge in [0.2, 0.25) is 0 Å². The zero-order chi connectivity index (χ0) is 11.8. The SMILES string of the molecule is C=C(C(=O)OC)S(=O)(=O)O.C=CC#N.[Na]. The van der Waals surface area contributed by atoms with E-state index in [1.807, 2.05) is 0 Å². The van der Waals surface area contributed by atoms with Crippen molar-refractivity contribution < 1.29 is 22.5 Å². The van der Waals surface area contributed by atoms with Gasteiger partial charge in [-0.3, -0.25) is 4.55 Å². The number of rotatable bonds is 2. The summed E-state index contributed by atoms with van der Waals surface area (Å²) in [7, 11) is -3.50. The summed E-state index contributed by atoms with van der Waals surface area (Å²) in [4.78, 5) is 9.33. The molecule has 15 heavy (non-hydrogen) atoms. The summed E-state index contributed by atoms with van der Waals surface area (Å²) in [6.45, 7) is 5.90. The summed E-state index contributed by atoms with van der Waals surface area (Å²) in [5.41, 5.74) is 0. The van der Waals surface area contributed by atoms with Gasteiger partial charge in [-0.15, -0.1) is 0 Å². The van der Waals surface area contributed by atoms with E-state index in [1.165, 1.54) is 6.08 Å². The monoisotopic (exact) mass is 242 g/mol. The van der Waals surface area contributed by atoms with Crippen molar-refractivity contribution in [3.8, 4) is 6.07 Å². The maximum absolute atomic E-state index is 10.3. The molecule has 1 radical (unpaired) electrons. The molecule has 0 amide bonds. The molecule has 0 saturated heterocycles. The molecule has 8 heteroatoms. The van der Waals surface area contributed by atoms with E-state index in [0.717, 1.165) is 7.11 Å². The fraction of sp³-hybridized carbons (Fsp3) is 0.143. The van der Waals surface area contributed by atoms with Crippen LogP contribution in [0.3, 0.4) is 0 Å². The average molecular weight is 242 g/mol. The molecule has 0 atom stereocenters. The Morgan fingerprint density at radius 3 is 2.00 bits per heavy atom. The van der Waals surface area contributed by atoms with Gasteiger partial charge < -0.3 is 4.74 Å². The summed E-state index contributed by atoms with van der Waals surface area (Å²) in [6, 6.07) is 1.69. The minimum absolute atomic E-state index is 0. The first kappa shape index (κ1) is 19.9. The van der Waals surface area contributed by atoms with Crippen LogP contribution in [0.2, 0.25) is 0 Å². The van der Waals surface area contributed by atoms with Crippen LogP contribution in [0.5, 0.6) is 0 Å². The quantitative estimate of drug-likeness (QED) is 0.238. The zero-order valence-corrected chi connectivity index (χ0v) is 11.2. The van der Waals surface area contributed by atoms with E-state index in [0.29, 0.717) is 0 Å². The molecule has 79 valence electrons. The molecule has 0 unspecified atom stereocenters. The molecule has 0 spiro atoms. The molecule has 0 aromatic carbocycles. The summed E-state index contributed by atoms with van der Waals surface area (Å²) in [6.07, 6.45) is 1.18. The largest absolute Gasteiger partial charge is 0.465 e. The Morgan fingerprint density at radius 1 is 1.60 bits per heavy atom. The van der Waals surface area contributed by atoms with Gasteiger partial charge in [0.05, 0.1) is 13.2 Å². The smallest absolute Gasteiger partial charge is 0.351 e. The van der Waals surface area contributed by atoms with Gasteiger partial charge in [0.25, 0.3) is 0 Å². The summed E-state index contributed by atoms with van der Waals surface area (Å²) in [5.74, 6) is -1.16. The number of hydrogen-bond acceptors (Lipinski definition) is 5. The number of nitriles is 1. The maximum Gasteiger partial charge on any atom is 0.351 e. The molecule has 0 aromatic heterocycles. The number of nitrogens with zero attached hydrogens (tertiary/aromatic N) is 1. The molecule has 0 aliphatic rings. The van der Waals surface area contributed by atoms with Crippen LogP contribution in [-0.2, 0) is 19.6 Å². The molecule has 0 rings (SSSR count). The van der Waals surface area contributed by atoms with Gasteiger partial charge >= 0.3 is 16.1 Å². The van der Waals surface area contributed by atoms with Gasteiger partial charge in [0, 0.05) is 35.6 Å². The minimum Gasteiger partial charge on any atom is -0.465 e. The van der Waals surface area contributed by atoms with Gasteiger partial charge in [0.15, 0.2) is 4.91 Å². The number of carbonyl (C=O) groups is 1. The van der Waals surface area contributed by atoms with Crippen LogP contribution >= 0.6 is 0 Å². The van der Waals surface area contributed by atoms with E-state index in [2.05, 4.69) is 17.9 Å². The van der Waals surface area contributed by atoms with Crippen LogP contribution in [0, 0.1) is 11.3 Å². The molecule has 0 bridgehead atoms. The number of ether oxygens (including phenoxy) is 1. The number of esters is 1. The first-order valence-corrected chi connectivity index (χ1v) is 4.50. The van der Waals surface area contributed by atoms with E-state index in [9.17, 15) is 13.2 Å². The van der Waals surface area contributed by atoms with Crippen molar-refractivity contribution in [2.24, 2.45) is 0 Å². The van der Waals surface area contributed by atoms with Crippen LogP contribution in [0.4, 0.5) is 0 Å². The minimum atomic E-state index is -4.48. The number of methoxy groups -OCH3 is 1. The Balaban J connectivity index is -0.000000249. The van der Waals surface area contributed by atoms with Crippen molar-refractivity contribution in [2.75, 3.05) is 7.11 Å². The van der Waals surface area contributed by atoms with E-state index in [4.69, 9.17) is 9.81 Å². The van der Waals surface area contributed by atoms with Gasteiger partial charge in [-0.1, -0.05) is 13.2 Å². The molecule has 0 fully saturated rings. The molecule has 0 saturated carbocycles. The second-order valence-corrected chi connectivity index (χ2v) is 3.17. The van der Waals surface area contributed by atoms with Crippen molar-refractivity contribution in [2.45, 2.75) is 0 Å². The van der Waals surface area contributed by atoms with E-state index in [-0.39, 0.29) is 29.6 Å². The molecule has 6 nitrogen and oxygen atoms in total. The van der Waals surface area contributed by atoms with Crippen molar-refractivity contribution in [3.63, 3.8) is 0 Å². The van der Waals surface area contributed by atoms with Crippen LogP contribution in [0.1, 0.15) is 0 Å². The van der Waals surface area contributed by atoms with Crippen LogP contribution < -0.4 is 0 Å². The van der Waals surface area contributed by atoms with E-state index in [1.54, 1.807) is 6.07 Å². The predicted molar refractivity (Wildman–Crippen MR) is 54.3 cm³/mol. The van der Waals surface area contributed by atoms with Crippen molar-refractivity contribution in [1.82, 2.24) is 0 Å². The Labute approximate surface area is 110 Å². The third kappa shape index (κ3) is 11.3. The molecule has 0 aromatic rings. The normalized spacial score (nSPS) is 8.07. The van der Waals surface area contributed by atoms with Gasteiger partial charge in [-0.2, -0.15) is 13.7 Å². The molecule has 0 heterocycles. The number of allylic oxidation sites excluding steroid dienone is 1. The van der Waals surface area contributed by atoms with Gasteiger partial charge in [-0.25, -0.2) is 4.79 Å². The zero-order valence-electron chi connectivity index (χ0n) is 8.43. The first-order chi connectivity index (χ1) is 6.31. The molecule has 0 aliphatic heterocycles. The van der Waals surface area contributed by atoms with E-state index < -0.39 is 21.0 Å². The predicted octanol–water partition coefficient (Wildman–Crippen LogP) is -0.124. The fourth-order valence-corrected chi connectivity index (χ4v) is 0.513. The van der Waals surface area contributed by atoms with Crippen LogP contribution in [0.25, 0.3) is 0 Å². The van der Waals surface area contributed by atoms with Gasteiger partial charge in [-0.05, 0) is 0 Å². The Morgan fingerprint density at radius 2 is 1.93 bits per heavy atom. The van der Waals surface area contributed by atoms with Crippen LogP contribution in [0.15, 0.2) is 24.1 Å². The summed E-state index contributed by atoms with van der Waals surface area (Å²) < 4.78 is 32.3. The molecule has 1 N–H and O–H groups in total. The first-order valence-electron chi connectivity index (χ1n) is 3.06.